The number of hydrogen-bond acceptors (Lipinski definition) is 6. The Morgan fingerprint density at radius 2 is 2.26 bits per heavy atom. The van der Waals surface area contributed by atoms with Gasteiger partial charge < -0.3 is 14.4 Å². The van der Waals surface area contributed by atoms with E-state index in [0.29, 0.717) is 31.3 Å². The average Bonchev–Trinajstić information content (AvgIpc) is 3.35. The topological polar surface area (TPSA) is 64.6 Å². The highest BCUT2D eigenvalue weighted by atomic mass is 32.1. The number of carbonyl (C=O) groups excluding carboxylic acids is 1. The van der Waals surface area contributed by atoms with E-state index >= 15 is 0 Å². The van der Waals surface area contributed by atoms with Gasteiger partial charge in [0.15, 0.2) is 5.82 Å². The van der Waals surface area contributed by atoms with Gasteiger partial charge in [-0.25, -0.2) is 14.4 Å². The highest BCUT2D eigenvalue weighted by Crippen LogP contribution is 2.42. The summed E-state index contributed by atoms with van der Waals surface area (Å²) in [5, 5.41) is 1.79. The molecule has 1 atom stereocenters. The van der Waals surface area contributed by atoms with Crippen LogP contribution in [0.4, 0.5) is 4.39 Å². The number of hydrogen-bond donors (Lipinski definition) is 0. The van der Waals surface area contributed by atoms with E-state index in [0.717, 1.165) is 32.3 Å². The fraction of sp³-hybridized carbons (Fsp3) is 0.526. The minimum Gasteiger partial charge on any atom is -0.476 e. The summed E-state index contributed by atoms with van der Waals surface area (Å²) < 4.78 is 25.3. The number of likely N-dealkylation sites (tertiary alicyclic amines) is 1. The number of halogens is 1. The Morgan fingerprint density at radius 3 is 3.00 bits per heavy atom. The largest absolute Gasteiger partial charge is 0.476 e. The molecule has 2 saturated heterocycles. The molecule has 2 fully saturated rings. The zero-order chi connectivity index (χ0) is 18.7. The summed E-state index contributed by atoms with van der Waals surface area (Å²) in [5.41, 5.74) is 2.00. The Morgan fingerprint density at radius 1 is 1.41 bits per heavy atom. The third kappa shape index (κ3) is 3.82. The molecule has 0 aliphatic carbocycles. The van der Waals surface area contributed by atoms with Gasteiger partial charge >= 0.3 is 0 Å². The molecular weight excluding hydrogens is 369 g/mol. The maximum absolute atomic E-state index is 13.6. The Kier molecular flexibility index (Phi) is 5.36. The average molecular weight is 391 g/mol. The lowest BCUT2D eigenvalue weighted by atomic mass is 9.78. The van der Waals surface area contributed by atoms with Crippen LogP contribution >= 0.6 is 11.3 Å². The van der Waals surface area contributed by atoms with Gasteiger partial charge in [0.25, 0.3) is 5.91 Å². The molecule has 0 aromatic carbocycles. The van der Waals surface area contributed by atoms with E-state index in [-0.39, 0.29) is 17.4 Å². The molecule has 144 valence electrons. The summed E-state index contributed by atoms with van der Waals surface area (Å²) in [6.07, 6.45) is 4.90. The van der Waals surface area contributed by atoms with E-state index in [1.807, 2.05) is 4.90 Å². The van der Waals surface area contributed by atoms with Crippen LogP contribution in [0, 0.1) is 11.7 Å². The van der Waals surface area contributed by atoms with E-state index < -0.39 is 5.82 Å². The van der Waals surface area contributed by atoms with Crippen molar-refractivity contribution in [2.75, 3.05) is 26.3 Å². The summed E-state index contributed by atoms with van der Waals surface area (Å²) in [4.78, 5) is 22.4. The van der Waals surface area contributed by atoms with Crippen molar-refractivity contribution in [1.82, 2.24) is 14.9 Å². The SMILES string of the molecule is O=C(c1cscn1)N1CCC2(CC1)OCC[C@@H]2CCOc1ncccc1F. The van der Waals surface area contributed by atoms with Crippen molar-refractivity contribution in [3.63, 3.8) is 0 Å². The molecule has 2 aliphatic heterocycles. The van der Waals surface area contributed by atoms with Crippen LogP contribution in [-0.4, -0.2) is 52.7 Å². The quantitative estimate of drug-likeness (QED) is 0.783. The number of pyridine rings is 1. The Bertz CT molecular complexity index is 778. The highest BCUT2D eigenvalue weighted by Gasteiger charge is 2.46. The predicted octanol–water partition coefficient (Wildman–Crippen LogP) is 3.16. The second kappa shape index (κ2) is 7.90. The monoisotopic (exact) mass is 391 g/mol. The molecule has 4 heterocycles. The third-order valence-corrected chi connectivity index (χ3v) is 6.16. The molecule has 2 aromatic rings. The van der Waals surface area contributed by atoms with Gasteiger partial charge in [0, 0.05) is 31.3 Å². The summed E-state index contributed by atoms with van der Waals surface area (Å²) in [5.74, 6) is -0.0479. The first-order valence-electron chi connectivity index (χ1n) is 9.23. The fourth-order valence-electron chi connectivity index (χ4n) is 4.09. The number of piperidine rings is 1. The van der Waals surface area contributed by atoms with Gasteiger partial charge in [0.2, 0.25) is 5.88 Å². The van der Waals surface area contributed by atoms with Gasteiger partial charge in [-0.1, -0.05) is 0 Å². The van der Waals surface area contributed by atoms with Gasteiger partial charge in [-0.15, -0.1) is 11.3 Å². The first-order valence-corrected chi connectivity index (χ1v) is 10.2. The van der Waals surface area contributed by atoms with Gasteiger partial charge in [-0.3, -0.25) is 4.79 Å². The van der Waals surface area contributed by atoms with Gasteiger partial charge in [0.1, 0.15) is 5.69 Å². The minimum absolute atomic E-state index is 0.00499. The van der Waals surface area contributed by atoms with E-state index in [1.54, 1.807) is 17.0 Å². The number of thiazole rings is 1. The molecule has 1 amide bonds. The van der Waals surface area contributed by atoms with E-state index in [9.17, 15) is 9.18 Å². The van der Waals surface area contributed by atoms with Gasteiger partial charge in [-0.05, 0) is 43.7 Å². The summed E-state index contributed by atoms with van der Waals surface area (Å²) in [6.45, 7) is 2.47. The van der Waals surface area contributed by atoms with Crippen molar-refractivity contribution >= 4 is 17.2 Å². The summed E-state index contributed by atoms with van der Waals surface area (Å²) in [6, 6.07) is 2.89. The first-order chi connectivity index (χ1) is 13.2. The second-order valence-corrected chi connectivity index (χ2v) is 7.71. The smallest absolute Gasteiger partial charge is 0.273 e. The molecule has 6 nitrogen and oxygen atoms in total. The Hall–Kier alpha value is -2.06. The van der Waals surface area contributed by atoms with Crippen LogP contribution in [0.25, 0.3) is 0 Å². The third-order valence-electron chi connectivity index (χ3n) is 5.58. The first kappa shape index (κ1) is 18.3. The molecule has 27 heavy (non-hydrogen) atoms. The van der Waals surface area contributed by atoms with Crippen LogP contribution in [0.15, 0.2) is 29.2 Å². The van der Waals surface area contributed by atoms with Gasteiger partial charge in [0.05, 0.1) is 17.7 Å². The molecule has 0 N–H and O–H groups in total. The molecule has 8 heteroatoms. The number of ether oxygens (including phenoxy) is 2. The van der Waals surface area contributed by atoms with Crippen LogP contribution in [0.5, 0.6) is 5.88 Å². The number of nitrogens with zero attached hydrogens (tertiary/aromatic N) is 3. The molecule has 1 spiro atoms. The van der Waals surface area contributed by atoms with Crippen molar-refractivity contribution < 1.29 is 18.7 Å². The molecule has 0 unspecified atom stereocenters. The number of aromatic nitrogens is 2. The molecular formula is C19H22FN3O3S. The number of rotatable bonds is 5. The zero-order valence-corrected chi connectivity index (χ0v) is 15.8. The fourth-order valence-corrected chi connectivity index (χ4v) is 4.61. The zero-order valence-electron chi connectivity index (χ0n) is 15.0. The maximum atomic E-state index is 13.6. The Labute approximate surface area is 161 Å². The lowest BCUT2D eigenvalue weighted by Crippen LogP contribution is -2.49. The van der Waals surface area contributed by atoms with Crippen LogP contribution < -0.4 is 4.74 Å². The molecule has 2 aliphatic rings. The number of carbonyl (C=O) groups is 1. The predicted molar refractivity (Wildman–Crippen MR) is 98.3 cm³/mol. The minimum atomic E-state index is -0.441. The van der Waals surface area contributed by atoms with Crippen molar-refractivity contribution in [3.05, 3.63) is 40.7 Å². The van der Waals surface area contributed by atoms with Crippen LogP contribution in [0.3, 0.4) is 0 Å². The van der Waals surface area contributed by atoms with Crippen molar-refractivity contribution in [2.45, 2.75) is 31.3 Å². The maximum Gasteiger partial charge on any atom is 0.273 e. The van der Waals surface area contributed by atoms with Crippen LogP contribution in [0.1, 0.15) is 36.2 Å². The van der Waals surface area contributed by atoms with Crippen molar-refractivity contribution in [1.29, 1.82) is 0 Å². The molecule has 2 aromatic heterocycles. The molecule has 0 saturated carbocycles. The molecule has 0 bridgehead atoms. The van der Waals surface area contributed by atoms with Crippen LogP contribution in [-0.2, 0) is 4.74 Å². The van der Waals surface area contributed by atoms with Crippen molar-refractivity contribution in [2.24, 2.45) is 5.92 Å². The van der Waals surface area contributed by atoms with E-state index in [2.05, 4.69) is 9.97 Å². The summed E-state index contributed by atoms with van der Waals surface area (Å²) in [7, 11) is 0. The normalized spacial score (nSPS) is 21.5. The van der Waals surface area contributed by atoms with E-state index in [4.69, 9.17) is 9.47 Å². The summed E-state index contributed by atoms with van der Waals surface area (Å²) >= 11 is 1.43. The van der Waals surface area contributed by atoms with Gasteiger partial charge in [-0.2, -0.15) is 0 Å². The standard InChI is InChI=1S/C19H22FN3O3S/c20-15-2-1-7-21-17(15)25-10-3-14-4-11-26-19(14)5-8-23(9-6-19)18(24)16-12-27-13-22-16/h1-2,7,12-14H,3-6,8-11H2/t14-/m0/s1. The molecule has 4 rings (SSSR count). The molecule has 0 radical (unpaired) electrons. The highest BCUT2D eigenvalue weighted by molar-refractivity contribution is 7.07. The lowest BCUT2D eigenvalue weighted by Gasteiger charge is -2.42. The second-order valence-electron chi connectivity index (χ2n) is 6.99. The lowest BCUT2D eigenvalue weighted by molar-refractivity contribution is -0.0650. The number of amides is 1. The van der Waals surface area contributed by atoms with Crippen LogP contribution in [0.2, 0.25) is 0 Å². The van der Waals surface area contributed by atoms with E-state index in [1.165, 1.54) is 23.6 Å². The van der Waals surface area contributed by atoms with Crippen molar-refractivity contribution in [3.8, 4) is 5.88 Å². The Balaban J connectivity index is 1.32.